The molecule has 0 spiro atoms. The van der Waals surface area contributed by atoms with Crippen LogP contribution in [0.15, 0.2) is 67.0 Å². The molecule has 10 nitrogen and oxygen atoms in total. The number of hydrogen-bond acceptors (Lipinski definition) is 10. The van der Waals surface area contributed by atoms with Gasteiger partial charge >= 0.3 is 5.97 Å². The first-order valence-corrected chi connectivity index (χ1v) is 12.9. The third-order valence-corrected chi connectivity index (χ3v) is 6.73. The number of aromatic nitrogens is 5. The number of aryl methyl sites for hydroxylation is 1. The first-order chi connectivity index (χ1) is 19.0. The van der Waals surface area contributed by atoms with E-state index in [1.54, 1.807) is 18.5 Å². The monoisotopic (exact) mass is 524 g/mol. The topological polar surface area (TPSA) is 109 Å². The maximum atomic E-state index is 12.1. The summed E-state index contributed by atoms with van der Waals surface area (Å²) >= 11 is 0. The highest BCUT2D eigenvalue weighted by Gasteiger charge is 2.30. The van der Waals surface area contributed by atoms with Gasteiger partial charge in [0.05, 0.1) is 7.11 Å². The number of pyridine rings is 1. The number of esters is 1. The number of rotatable bonds is 8. The fourth-order valence-corrected chi connectivity index (χ4v) is 4.57. The van der Waals surface area contributed by atoms with Gasteiger partial charge in [0.1, 0.15) is 29.2 Å². The number of ether oxygens (including phenoxy) is 1. The summed E-state index contributed by atoms with van der Waals surface area (Å²) in [6.07, 6.45) is 4.06. The van der Waals surface area contributed by atoms with Crippen molar-refractivity contribution in [3.8, 4) is 11.5 Å². The zero-order valence-electron chi connectivity index (χ0n) is 22.4. The van der Waals surface area contributed by atoms with Crippen LogP contribution in [-0.2, 0) is 22.5 Å². The molecule has 1 fully saturated rings. The molecular weight excluding hydrogens is 492 g/mol. The van der Waals surface area contributed by atoms with Crippen molar-refractivity contribution in [2.75, 3.05) is 39.1 Å². The van der Waals surface area contributed by atoms with E-state index in [4.69, 9.17) is 4.74 Å². The molecule has 1 saturated heterocycles. The second-order valence-electron chi connectivity index (χ2n) is 9.66. The van der Waals surface area contributed by atoms with Gasteiger partial charge in [-0.2, -0.15) is 0 Å². The van der Waals surface area contributed by atoms with E-state index < -0.39 is 0 Å². The maximum Gasteiger partial charge on any atom is 0.324 e. The van der Waals surface area contributed by atoms with E-state index in [-0.39, 0.29) is 12.0 Å². The molecule has 4 heterocycles. The van der Waals surface area contributed by atoms with E-state index in [1.807, 2.05) is 38.2 Å². The minimum atomic E-state index is -0.228. The highest BCUT2D eigenvalue weighted by Crippen LogP contribution is 2.18. The fourth-order valence-electron chi connectivity index (χ4n) is 4.57. The fraction of sp³-hybridized carbons (Fsp3) is 0.310. The Morgan fingerprint density at radius 3 is 2.46 bits per heavy atom. The molecule has 1 aromatic carbocycles. The number of benzene rings is 1. The summed E-state index contributed by atoms with van der Waals surface area (Å²) < 4.78 is 4.97. The van der Waals surface area contributed by atoms with Crippen LogP contribution in [0.4, 0.5) is 11.6 Å². The molecule has 1 aliphatic rings. The highest BCUT2D eigenvalue weighted by molar-refractivity contribution is 5.76. The van der Waals surface area contributed by atoms with Gasteiger partial charge < -0.3 is 10.1 Å². The van der Waals surface area contributed by atoms with E-state index in [0.29, 0.717) is 36.3 Å². The molecule has 1 N–H and O–H groups in total. The Kier molecular flexibility index (Phi) is 8.14. The van der Waals surface area contributed by atoms with Crippen LogP contribution < -0.4 is 5.32 Å². The van der Waals surface area contributed by atoms with Gasteiger partial charge in [-0.3, -0.25) is 14.6 Å². The Hall–Kier alpha value is -4.28. The van der Waals surface area contributed by atoms with Crippen LogP contribution in [0.1, 0.15) is 22.6 Å². The SMILES string of the molecule is COC(=O)C1CN(Cc2ccc(Cc3nccc(Nc4ccnc(-c5cccc(C)n5)n4)n3)cc2)CCN1C. The van der Waals surface area contributed by atoms with Crippen LogP contribution in [0.3, 0.4) is 0 Å². The number of methoxy groups -OCH3 is 1. The molecule has 1 aliphatic heterocycles. The molecule has 200 valence electrons. The van der Waals surface area contributed by atoms with Crippen LogP contribution in [-0.4, -0.2) is 80.5 Å². The average molecular weight is 525 g/mol. The Balaban J connectivity index is 1.20. The van der Waals surface area contributed by atoms with Gasteiger partial charge in [-0.1, -0.05) is 30.3 Å². The predicted octanol–water partition coefficient (Wildman–Crippen LogP) is 3.26. The van der Waals surface area contributed by atoms with Crippen LogP contribution >= 0.6 is 0 Å². The molecule has 0 aliphatic carbocycles. The summed E-state index contributed by atoms with van der Waals surface area (Å²) in [4.78, 5) is 39.0. The van der Waals surface area contributed by atoms with Crippen molar-refractivity contribution in [1.29, 1.82) is 0 Å². The molecule has 4 aromatic rings. The van der Waals surface area contributed by atoms with E-state index in [0.717, 1.165) is 36.6 Å². The lowest BCUT2D eigenvalue weighted by Crippen LogP contribution is -2.54. The zero-order valence-corrected chi connectivity index (χ0v) is 22.4. The van der Waals surface area contributed by atoms with Crippen molar-refractivity contribution in [1.82, 2.24) is 34.7 Å². The van der Waals surface area contributed by atoms with Gasteiger partial charge in [-0.15, -0.1) is 0 Å². The summed E-state index contributed by atoms with van der Waals surface area (Å²) in [7, 11) is 3.41. The minimum absolute atomic E-state index is 0.183. The number of nitrogens with one attached hydrogen (secondary N) is 1. The molecule has 0 bridgehead atoms. The Morgan fingerprint density at radius 1 is 0.949 bits per heavy atom. The minimum Gasteiger partial charge on any atom is -0.468 e. The normalized spacial score (nSPS) is 16.1. The second-order valence-corrected chi connectivity index (χ2v) is 9.66. The van der Waals surface area contributed by atoms with Gasteiger partial charge in [0.25, 0.3) is 0 Å². The van der Waals surface area contributed by atoms with Crippen molar-refractivity contribution < 1.29 is 9.53 Å². The van der Waals surface area contributed by atoms with Crippen molar-refractivity contribution >= 4 is 17.6 Å². The third kappa shape index (κ3) is 6.78. The van der Waals surface area contributed by atoms with Gasteiger partial charge in [-0.05, 0) is 49.4 Å². The number of nitrogens with zero attached hydrogens (tertiary/aromatic N) is 7. The van der Waals surface area contributed by atoms with Crippen LogP contribution in [0.2, 0.25) is 0 Å². The zero-order chi connectivity index (χ0) is 27.2. The average Bonchev–Trinajstić information content (AvgIpc) is 2.95. The van der Waals surface area contributed by atoms with E-state index in [2.05, 4.69) is 64.3 Å². The van der Waals surface area contributed by atoms with E-state index in [9.17, 15) is 4.79 Å². The number of carbonyl (C=O) groups is 1. The summed E-state index contributed by atoms with van der Waals surface area (Å²) in [5.74, 6) is 2.37. The molecule has 5 rings (SSSR count). The number of anilines is 2. The number of carbonyl (C=O) groups excluding carboxylic acids is 1. The Morgan fingerprint density at radius 2 is 1.69 bits per heavy atom. The summed E-state index contributed by atoms with van der Waals surface area (Å²) in [6, 6.07) is 17.6. The molecule has 0 radical (unpaired) electrons. The lowest BCUT2D eigenvalue weighted by molar-refractivity contribution is -0.148. The first kappa shape index (κ1) is 26.3. The molecule has 0 amide bonds. The van der Waals surface area contributed by atoms with Gasteiger partial charge in [0.2, 0.25) is 0 Å². The molecule has 1 unspecified atom stereocenters. The molecular formula is C29H32N8O2. The van der Waals surface area contributed by atoms with Crippen LogP contribution in [0, 0.1) is 6.92 Å². The van der Waals surface area contributed by atoms with Crippen LogP contribution in [0.25, 0.3) is 11.5 Å². The van der Waals surface area contributed by atoms with E-state index in [1.165, 1.54) is 12.7 Å². The molecule has 39 heavy (non-hydrogen) atoms. The second kappa shape index (κ2) is 12.1. The van der Waals surface area contributed by atoms with Crippen molar-refractivity contribution in [2.24, 2.45) is 0 Å². The van der Waals surface area contributed by atoms with E-state index >= 15 is 0 Å². The van der Waals surface area contributed by atoms with Gasteiger partial charge in [0.15, 0.2) is 5.82 Å². The van der Waals surface area contributed by atoms with Crippen molar-refractivity contribution in [2.45, 2.75) is 25.9 Å². The summed E-state index contributed by atoms with van der Waals surface area (Å²) in [6.45, 7) is 5.13. The summed E-state index contributed by atoms with van der Waals surface area (Å²) in [5, 5.41) is 3.26. The predicted molar refractivity (Wildman–Crippen MR) is 148 cm³/mol. The Labute approximate surface area is 228 Å². The first-order valence-electron chi connectivity index (χ1n) is 12.9. The van der Waals surface area contributed by atoms with Gasteiger partial charge in [-0.25, -0.2) is 24.9 Å². The molecule has 10 heteroatoms. The lowest BCUT2D eigenvalue weighted by atomic mass is 10.1. The smallest absolute Gasteiger partial charge is 0.324 e. The summed E-state index contributed by atoms with van der Waals surface area (Å²) in [5.41, 5.74) is 3.96. The third-order valence-electron chi connectivity index (χ3n) is 6.73. The van der Waals surface area contributed by atoms with Crippen molar-refractivity contribution in [3.63, 3.8) is 0 Å². The van der Waals surface area contributed by atoms with Crippen LogP contribution in [0.5, 0.6) is 0 Å². The number of piperazine rings is 1. The maximum absolute atomic E-state index is 12.1. The largest absolute Gasteiger partial charge is 0.468 e. The highest BCUT2D eigenvalue weighted by atomic mass is 16.5. The Bertz CT molecular complexity index is 1430. The number of hydrogen-bond donors (Lipinski definition) is 1. The van der Waals surface area contributed by atoms with Crippen molar-refractivity contribution in [3.05, 3.63) is 89.6 Å². The molecule has 1 atom stereocenters. The molecule has 3 aromatic heterocycles. The lowest BCUT2D eigenvalue weighted by Gasteiger charge is -2.37. The standard InChI is InChI=1S/C29H32N8O2/c1-20-5-4-6-23(32-20)28-31-14-12-26(35-28)33-25-11-13-30-27(34-25)17-21-7-9-22(10-8-21)18-37-16-15-36(2)24(19-37)29(38)39-3/h4-14,24H,15-19H2,1-3H3,(H,30,31,33,34,35). The quantitative estimate of drug-likeness (QED) is 0.345. The number of likely N-dealkylation sites (N-methyl/N-ethyl adjacent to an activating group) is 1. The molecule has 0 saturated carbocycles. The van der Waals surface area contributed by atoms with Gasteiger partial charge in [0, 0.05) is 50.7 Å².